The van der Waals surface area contributed by atoms with Crippen LogP contribution in [0.2, 0.25) is 0 Å². The maximum Gasteiger partial charge on any atom is 0.274 e. The number of Topliss-reactive ketones (excluding diaryl/α,β-unsaturated/α-hetero) is 2. The second-order valence-electron chi connectivity index (χ2n) is 20.5. The molecule has 0 bridgehead atoms. The Bertz CT molecular complexity index is 3390. The van der Waals surface area contributed by atoms with Gasteiger partial charge >= 0.3 is 0 Å². The molecule has 402 valence electrons. The van der Waals surface area contributed by atoms with Gasteiger partial charge in [0.1, 0.15) is 36.5 Å². The van der Waals surface area contributed by atoms with Gasteiger partial charge in [0.05, 0.1) is 28.8 Å². The first-order valence-corrected chi connectivity index (χ1v) is 25.5. The Balaban J connectivity index is 0.000000188. The zero-order chi connectivity index (χ0) is 54.9. The van der Waals surface area contributed by atoms with Crippen molar-refractivity contribution < 1.29 is 56.1 Å². The predicted octanol–water partition coefficient (Wildman–Crippen LogP) is 8.06. The highest BCUT2D eigenvalue weighted by molar-refractivity contribution is 6.01. The maximum absolute atomic E-state index is 14.2. The number of methoxy groups -OCH3 is 1. The quantitative estimate of drug-likeness (QED) is 0.0657. The van der Waals surface area contributed by atoms with Crippen molar-refractivity contribution in [3.63, 3.8) is 0 Å². The molecule has 2 fully saturated rings. The van der Waals surface area contributed by atoms with Crippen LogP contribution in [-0.4, -0.2) is 93.9 Å². The van der Waals surface area contributed by atoms with E-state index in [1.165, 1.54) is 29.4 Å². The summed E-state index contributed by atoms with van der Waals surface area (Å²) in [5, 5.41) is 9.87. The van der Waals surface area contributed by atoms with Gasteiger partial charge in [-0.2, -0.15) is 0 Å². The van der Waals surface area contributed by atoms with Gasteiger partial charge in [0, 0.05) is 89.1 Å². The number of carbonyl (C=O) groups excluding carboxylic acids is 4. The lowest BCUT2D eigenvalue weighted by Gasteiger charge is -2.40. The van der Waals surface area contributed by atoms with E-state index in [9.17, 15) is 51.4 Å². The van der Waals surface area contributed by atoms with Gasteiger partial charge in [-0.1, -0.05) is 72.8 Å². The third kappa shape index (κ3) is 10.7. The monoisotopic (exact) mass is 1060 g/mol. The molecular weight excluding hydrogens is 1000 g/mol. The van der Waals surface area contributed by atoms with Gasteiger partial charge in [-0.25, -0.2) is 17.6 Å². The number of benzene rings is 4. The zero-order valence-corrected chi connectivity index (χ0v) is 43.0. The number of hydrogen-bond donors (Lipinski definition) is 1. The van der Waals surface area contributed by atoms with Crippen molar-refractivity contribution in [1.82, 2.24) is 18.9 Å². The molecule has 4 heterocycles. The number of aryl methyl sites for hydroxylation is 2. The third-order valence-corrected chi connectivity index (χ3v) is 15.2. The van der Waals surface area contributed by atoms with E-state index in [2.05, 4.69) is 0 Å². The summed E-state index contributed by atoms with van der Waals surface area (Å²) in [6, 6.07) is 24.5. The molecule has 2 aliphatic carbocycles. The number of ether oxygens (including phenoxy) is 3. The van der Waals surface area contributed by atoms with Crippen molar-refractivity contribution in [3.8, 4) is 11.5 Å². The van der Waals surface area contributed by atoms with Gasteiger partial charge < -0.3 is 38.3 Å². The zero-order valence-electron chi connectivity index (χ0n) is 43.0. The van der Waals surface area contributed by atoms with Crippen LogP contribution in [-0.2, 0) is 41.9 Å². The van der Waals surface area contributed by atoms with Crippen LogP contribution in [0.3, 0.4) is 0 Å². The number of nitrogens with zero attached hydrogens (tertiary/aromatic N) is 4. The number of carbonyl (C=O) groups is 4. The number of pyridine rings is 2. The third-order valence-electron chi connectivity index (χ3n) is 15.2. The Hall–Kier alpha value is -7.70. The van der Waals surface area contributed by atoms with Crippen molar-refractivity contribution in [2.45, 2.75) is 82.7 Å². The van der Waals surface area contributed by atoms with Crippen LogP contribution in [0, 0.1) is 35.1 Å². The van der Waals surface area contributed by atoms with Gasteiger partial charge in [-0.15, -0.1) is 0 Å². The highest BCUT2D eigenvalue weighted by Crippen LogP contribution is 2.55. The second-order valence-corrected chi connectivity index (χ2v) is 20.5. The van der Waals surface area contributed by atoms with Crippen LogP contribution in [0.1, 0.15) is 103 Å². The Labute approximate surface area is 441 Å². The second kappa shape index (κ2) is 22.1. The van der Waals surface area contributed by atoms with Crippen LogP contribution in [0.5, 0.6) is 11.5 Å². The number of likely N-dealkylation sites (N-methyl/N-ethyl adjacent to an activating group) is 1. The van der Waals surface area contributed by atoms with E-state index < -0.39 is 62.7 Å². The molecule has 2 amide bonds. The van der Waals surface area contributed by atoms with Crippen LogP contribution in [0.15, 0.2) is 119 Å². The average Bonchev–Trinajstić information content (AvgIpc) is 4.52. The number of hydrogen-bond acceptors (Lipinski definition) is 10. The molecule has 0 saturated heterocycles. The molecule has 4 aliphatic rings. The van der Waals surface area contributed by atoms with E-state index >= 15 is 0 Å². The summed E-state index contributed by atoms with van der Waals surface area (Å²) < 4.78 is 75.7. The molecule has 2 spiro atoms. The minimum Gasteiger partial charge on any atom is -0.483 e. The molecule has 10 rings (SSSR count). The minimum atomic E-state index is -0.766. The predicted molar refractivity (Wildman–Crippen MR) is 275 cm³/mol. The highest BCUT2D eigenvalue weighted by atomic mass is 19.1. The standard InChI is InChI=1S/C31H32F2N2O5.C28H26F2N2O5/c1-19(2)34-18-31(14-22(31)17-39-3)35-15-24(26(36)12-10-21-9-11-23(32)13-25(21)33)28(37)29(27(35)30(34)38)40-16-20-7-5-4-6-8-20;1-31-16-28(12-19(28)14-33)32-13-21(23(34)10-8-18-7-9-20(29)11-22(18)30)25(35)26(24(32)27(31)36)37-15-17-5-3-2-4-6-17/h4-9,11,13,15,19,22H,10,12,14,16-18H2,1-3H3;2-7,9,11,13,19,33H,8,10,12,14-16H2,1H3/t22-,31-;19-,28-/m00/s1. The minimum absolute atomic E-state index is 0.00887. The lowest BCUT2D eigenvalue weighted by atomic mass is 9.99. The first-order chi connectivity index (χ1) is 36.9. The van der Waals surface area contributed by atoms with Gasteiger partial charge in [0.15, 0.2) is 34.5 Å². The number of halogens is 4. The molecule has 4 aromatic carbocycles. The number of aliphatic hydroxyl groups is 1. The van der Waals surface area contributed by atoms with Crippen molar-refractivity contribution in [3.05, 3.63) is 198 Å². The molecule has 77 heavy (non-hydrogen) atoms. The summed E-state index contributed by atoms with van der Waals surface area (Å²) in [6.45, 7) is 4.97. The number of ketones is 2. The van der Waals surface area contributed by atoms with Crippen LogP contribution < -0.4 is 20.3 Å². The molecule has 1 N–H and O–H groups in total. The highest BCUT2D eigenvalue weighted by Gasteiger charge is 2.62. The van der Waals surface area contributed by atoms with Gasteiger partial charge in [-0.3, -0.25) is 28.8 Å². The molecule has 2 aliphatic heterocycles. The topological polar surface area (TPSA) is 167 Å². The van der Waals surface area contributed by atoms with Crippen LogP contribution in [0.4, 0.5) is 17.6 Å². The summed E-state index contributed by atoms with van der Waals surface area (Å²) >= 11 is 0. The van der Waals surface area contributed by atoms with E-state index in [0.29, 0.717) is 32.5 Å². The van der Waals surface area contributed by atoms with Gasteiger partial charge in [-0.05, 0) is 73.9 Å². The SMILES string of the molecule is CN1C[C@]2(C[C@H]2CO)n2cc(C(=O)CCc3ccc(F)cc3F)c(=O)c(OCc3ccccc3)c2C1=O.COC[C@@H]1C[C@]12CN(C(C)C)C(=O)c1c(OCc3ccccc3)c(=O)c(C(=O)CCc3ccc(F)cc3F)cn12. The molecule has 18 heteroatoms. The number of aromatic nitrogens is 2. The molecule has 6 aromatic rings. The molecule has 2 aromatic heterocycles. The fourth-order valence-electron chi connectivity index (χ4n) is 10.7. The first kappa shape index (κ1) is 54.1. The normalized spacial score (nSPS) is 19.9. The Morgan fingerprint density at radius 2 is 1.10 bits per heavy atom. The van der Waals surface area contributed by atoms with Crippen molar-refractivity contribution in [2.75, 3.05) is 40.5 Å². The van der Waals surface area contributed by atoms with E-state index in [-0.39, 0.29) is 114 Å². The summed E-state index contributed by atoms with van der Waals surface area (Å²) in [6.07, 6.45) is 3.74. The largest absolute Gasteiger partial charge is 0.483 e. The van der Waals surface area contributed by atoms with E-state index in [0.717, 1.165) is 35.4 Å². The molecule has 0 unspecified atom stereocenters. The fourth-order valence-corrected chi connectivity index (χ4v) is 10.7. The van der Waals surface area contributed by atoms with Crippen molar-refractivity contribution in [1.29, 1.82) is 0 Å². The van der Waals surface area contributed by atoms with E-state index in [1.807, 2.05) is 74.5 Å². The van der Waals surface area contributed by atoms with Crippen molar-refractivity contribution >= 4 is 23.4 Å². The van der Waals surface area contributed by atoms with Gasteiger partial charge in [0.2, 0.25) is 10.9 Å². The lowest BCUT2D eigenvalue weighted by Crippen LogP contribution is -2.52. The molecule has 0 radical (unpaired) electrons. The Morgan fingerprint density at radius 3 is 1.53 bits per heavy atom. The smallest absolute Gasteiger partial charge is 0.274 e. The van der Waals surface area contributed by atoms with Crippen molar-refractivity contribution in [2.24, 2.45) is 11.8 Å². The van der Waals surface area contributed by atoms with E-state index in [4.69, 9.17) is 14.2 Å². The number of aliphatic hydroxyl groups excluding tert-OH is 1. The van der Waals surface area contributed by atoms with Gasteiger partial charge in [0.25, 0.3) is 11.8 Å². The molecule has 4 atom stereocenters. The van der Waals surface area contributed by atoms with Crippen LogP contribution in [0.25, 0.3) is 0 Å². The maximum atomic E-state index is 14.2. The first-order valence-electron chi connectivity index (χ1n) is 25.5. The number of rotatable bonds is 18. The number of fused-ring (bicyclic) bond motifs is 4. The summed E-state index contributed by atoms with van der Waals surface area (Å²) in [4.78, 5) is 84.3. The fraction of sp³-hybridized carbons (Fsp3) is 0.356. The molecule has 14 nitrogen and oxygen atoms in total. The summed E-state index contributed by atoms with van der Waals surface area (Å²) in [5.74, 6) is -5.21. The van der Waals surface area contributed by atoms with Crippen LogP contribution >= 0.6 is 0 Å². The Morgan fingerprint density at radius 1 is 0.649 bits per heavy atom. The summed E-state index contributed by atoms with van der Waals surface area (Å²) in [5.41, 5.74) is -0.800. The lowest BCUT2D eigenvalue weighted by molar-refractivity contribution is 0.0539. The molecular formula is C59H58F4N4O10. The number of amides is 2. The Kier molecular flexibility index (Phi) is 15.5. The van der Waals surface area contributed by atoms with E-state index in [1.54, 1.807) is 28.2 Å². The average molecular weight is 1060 g/mol. The molecule has 2 saturated carbocycles. The summed E-state index contributed by atoms with van der Waals surface area (Å²) in [7, 11) is 3.24.